The number of hydrogen-bond acceptors (Lipinski definition) is 10. The number of hydrogen-bond donors (Lipinski definition) is 1. The van der Waals surface area contributed by atoms with Gasteiger partial charge in [0.05, 0.1) is 49.7 Å². The Kier molecular flexibility index (Phi) is 7.85. The van der Waals surface area contributed by atoms with Crippen LogP contribution in [0.3, 0.4) is 0 Å². The van der Waals surface area contributed by atoms with Gasteiger partial charge in [-0.3, -0.25) is 9.88 Å². The molecule has 1 N–H and O–H groups in total. The van der Waals surface area contributed by atoms with Gasteiger partial charge in [-0.1, -0.05) is 0 Å². The smallest absolute Gasteiger partial charge is 0.410 e. The summed E-state index contributed by atoms with van der Waals surface area (Å²) < 4.78 is 24.6. The fraction of sp³-hybridized carbons (Fsp3) is 0.406. The van der Waals surface area contributed by atoms with Crippen LogP contribution in [0.1, 0.15) is 49.7 Å². The molecule has 2 aliphatic rings. The fourth-order valence-corrected chi connectivity index (χ4v) is 5.68. The van der Waals surface area contributed by atoms with Crippen LogP contribution in [0, 0.1) is 6.92 Å². The van der Waals surface area contributed by atoms with Crippen LogP contribution < -0.4 is 10.1 Å². The van der Waals surface area contributed by atoms with Gasteiger partial charge in [0.1, 0.15) is 23.3 Å². The van der Waals surface area contributed by atoms with Crippen molar-refractivity contribution in [1.29, 1.82) is 0 Å². The molecule has 230 valence electrons. The zero-order valence-corrected chi connectivity index (χ0v) is 25.4. The lowest BCUT2D eigenvalue weighted by molar-refractivity contribution is -0.0993. The fourth-order valence-electron chi connectivity index (χ4n) is 5.68. The Balaban J connectivity index is 1.20. The number of rotatable bonds is 6. The predicted molar refractivity (Wildman–Crippen MR) is 162 cm³/mol. The number of aromatic nitrogens is 4. The Bertz CT molecular complexity index is 1670. The molecule has 4 aromatic heterocycles. The molecule has 0 radical (unpaired) electrons. The number of amides is 1. The Morgan fingerprint density at radius 1 is 1.00 bits per heavy atom. The third-order valence-electron chi connectivity index (χ3n) is 7.59. The summed E-state index contributed by atoms with van der Waals surface area (Å²) in [5.41, 5.74) is 3.42. The lowest BCUT2D eigenvalue weighted by Crippen LogP contribution is -2.61. The Morgan fingerprint density at radius 3 is 2.45 bits per heavy atom. The van der Waals surface area contributed by atoms with E-state index >= 15 is 0 Å². The summed E-state index contributed by atoms with van der Waals surface area (Å²) in [7, 11) is 1.33. The van der Waals surface area contributed by atoms with Gasteiger partial charge in [0.15, 0.2) is 5.82 Å². The van der Waals surface area contributed by atoms with E-state index in [-0.39, 0.29) is 24.3 Å². The van der Waals surface area contributed by atoms with E-state index in [1.165, 1.54) is 13.3 Å². The highest BCUT2D eigenvalue weighted by Crippen LogP contribution is 2.36. The summed E-state index contributed by atoms with van der Waals surface area (Å²) in [6, 6.07) is 11.1. The number of aryl methyl sites for hydroxylation is 1. The SMILES string of the molecule is COC(=O)c1ccc(Nc2cc3cc(-c4cc(C)ncc4OC4C[C@H]5COC[C@@H](C4)N5C(=O)OC(C)(C)C)ccn3n2)nc1. The number of nitrogens with zero attached hydrogens (tertiary/aromatic N) is 5. The molecular formula is C32H36N6O6. The molecule has 0 aliphatic carbocycles. The molecular weight excluding hydrogens is 564 g/mol. The highest BCUT2D eigenvalue weighted by atomic mass is 16.6. The van der Waals surface area contributed by atoms with E-state index < -0.39 is 11.6 Å². The van der Waals surface area contributed by atoms with E-state index in [9.17, 15) is 9.59 Å². The molecule has 12 heteroatoms. The minimum Gasteiger partial charge on any atom is -0.488 e. The summed E-state index contributed by atoms with van der Waals surface area (Å²) in [6.45, 7) is 8.48. The summed E-state index contributed by atoms with van der Waals surface area (Å²) >= 11 is 0. The first-order valence-electron chi connectivity index (χ1n) is 14.6. The molecule has 0 aromatic carbocycles. The molecule has 4 aromatic rings. The van der Waals surface area contributed by atoms with Crippen LogP contribution in [0.15, 0.2) is 55.0 Å². The normalized spacial score (nSPS) is 19.8. The predicted octanol–water partition coefficient (Wildman–Crippen LogP) is 5.18. The molecule has 3 atom stereocenters. The van der Waals surface area contributed by atoms with Crippen LogP contribution in [0.5, 0.6) is 5.75 Å². The van der Waals surface area contributed by atoms with Crippen molar-refractivity contribution in [2.45, 2.75) is 64.3 Å². The van der Waals surface area contributed by atoms with Crippen molar-refractivity contribution in [3.05, 3.63) is 66.2 Å². The van der Waals surface area contributed by atoms with Gasteiger partial charge in [-0.25, -0.2) is 19.1 Å². The van der Waals surface area contributed by atoms with Gasteiger partial charge in [0.25, 0.3) is 0 Å². The monoisotopic (exact) mass is 600 g/mol. The van der Waals surface area contributed by atoms with Crippen molar-refractivity contribution in [2.24, 2.45) is 0 Å². The summed E-state index contributed by atoms with van der Waals surface area (Å²) in [6.07, 6.45) is 5.98. The number of pyridine rings is 3. The summed E-state index contributed by atoms with van der Waals surface area (Å²) in [4.78, 5) is 35.3. The minimum atomic E-state index is -0.566. The molecule has 6 rings (SSSR count). The molecule has 2 aliphatic heterocycles. The van der Waals surface area contributed by atoms with Gasteiger partial charge in [-0.05, 0) is 63.6 Å². The molecule has 2 fully saturated rings. The number of methoxy groups -OCH3 is 1. The standard InChI is InChI=1S/C32H36N6O6/c1-19-10-26(20-8-9-37-22(11-20)14-29(36-37)35-28-7-6-21(15-34-28)30(39)41-5)27(16-33-19)43-25-12-23-17-42-18-24(13-25)38(23)31(40)44-32(2,3)4/h6-11,14-16,23-25H,12-13,17-18H2,1-5H3,(H,34,35,36)/t23-,24+,25?. The first kappa shape index (κ1) is 29.4. The molecule has 1 amide bonds. The zero-order valence-electron chi connectivity index (χ0n) is 25.4. The van der Waals surface area contributed by atoms with E-state index in [1.807, 2.05) is 63.1 Å². The molecule has 0 saturated carbocycles. The van der Waals surface area contributed by atoms with Crippen molar-refractivity contribution in [1.82, 2.24) is 24.5 Å². The van der Waals surface area contributed by atoms with Crippen molar-refractivity contribution in [3.8, 4) is 16.9 Å². The van der Waals surface area contributed by atoms with Gasteiger partial charge in [-0.2, -0.15) is 5.10 Å². The number of esters is 1. The van der Waals surface area contributed by atoms with Crippen LogP contribution in [-0.2, 0) is 14.2 Å². The first-order valence-corrected chi connectivity index (χ1v) is 14.6. The van der Waals surface area contributed by atoms with Gasteiger partial charge in [-0.15, -0.1) is 0 Å². The Hall–Kier alpha value is -4.71. The number of nitrogens with one attached hydrogen (secondary N) is 1. The largest absolute Gasteiger partial charge is 0.488 e. The molecule has 44 heavy (non-hydrogen) atoms. The second-order valence-electron chi connectivity index (χ2n) is 12.1. The quantitative estimate of drug-likeness (QED) is 0.296. The highest BCUT2D eigenvalue weighted by molar-refractivity contribution is 5.89. The average molecular weight is 601 g/mol. The summed E-state index contributed by atoms with van der Waals surface area (Å²) in [5, 5.41) is 7.78. The van der Waals surface area contributed by atoms with Crippen LogP contribution in [0.25, 0.3) is 16.6 Å². The van der Waals surface area contributed by atoms with Crippen LogP contribution >= 0.6 is 0 Å². The third-order valence-corrected chi connectivity index (χ3v) is 7.59. The lowest BCUT2D eigenvalue weighted by Gasteiger charge is -2.48. The van der Waals surface area contributed by atoms with E-state index in [0.717, 1.165) is 22.3 Å². The third kappa shape index (κ3) is 6.30. The molecule has 0 spiro atoms. The molecule has 12 nitrogen and oxygen atoms in total. The first-order chi connectivity index (χ1) is 21.1. The molecule has 2 bridgehead atoms. The van der Waals surface area contributed by atoms with Crippen LogP contribution in [-0.4, -0.2) is 80.7 Å². The molecule has 2 saturated heterocycles. The van der Waals surface area contributed by atoms with Crippen molar-refractivity contribution in [3.63, 3.8) is 0 Å². The Labute approximate surface area is 255 Å². The number of carbonyl (C=O) groups is 2. The van der Waals surface area contributed by atoms with Crippen molar-refractivity contribution in [2.75, 3.05) is 25.6 Å². The van der Waals surface area contributed by atoms with Crippen LogP contribution in [0.4, 0.5) is 16.4 Å². The lowest BCUT2D eigenvalue weighted by atomic mass is 9.92. The number of anilines is 2. The zero-order chi connectivity index (χ0) is 31.0. The number of fused-ring (bicyclic) bond motifs is 3. The second-order valence-corrected chi connectivity index (χ2v) is 12.1. The maximum absolute atomic E-state index is 13.0. The van der Waals surface area contributed by atoms with Crippen molar-refractivity contribution < 1.29 is 28.5 Å². The van der Waals surface area contributed by atoms with Gasteiger partial charge in [0, 0.05) is 42.6 Å². The average Bonchev–Trinajstić information content (AvgIpc) is 3.38. The van der Waals surface area contributed by atoms with Gasteiger partial charge < -0.3 is 24.3 Å². The van der Waals surface area contributed by atoms with E-state index in [4.69, 9.17) is 18.9 Å². The molecule has 6 heterocycles. The number of piperidine rings is 1. The summed E-state index contributed by atoms with van der Waals surface area (Å²) in [5.74, 6) is 1.40. The van der Waals surface area contributed by atoms with Crippen molar-refractivity contribution >= 4 is 29.2 Å². The van der Waals surface area contributed by atoms with E-state index in [0.29, 0.717) is 49.0 Å². The topological polar surface area (TPSA) is 129 Å². The van der Waals surface area contributed by atoms with Crippen LogP contribution in [0.2, 0.25) is 0 Å². The van der Waals surface area contributed by atoms with Gasteiger partial charge in [0.2, 0.25) is 0 Å². The maximum atomic E-state index is 13.0. The maximum Gasteiger partial charge on any atom is 0.410 e. The number of ether oxygens (including phenoxy) is 4. The van der Waals surface area contributed by atoms with E-state index in [2.05, 4.69) is 20.4 Å². The number of morpholine rings is 1. The number of carbonyl (C=O) groups excluding carboxylic acids is 2. The highest BCUT2D eigenvalue weighted by Gasteiger charge is 2.44. The van der Waals surface area contributed by atoms with Gasteiger partial charge >= 0.3 is 12.1 Å². The van der Waals surface area contributed by atoms with E-state index in [1.54, 1.807) is 22.8 Å². The minimum absolute atomic E-state index is 0.108. The Morgan fingerprint density at radius 2 is 1.77 bits per heavy atom. The second kappa shape index (κ2) is 11.8. The molecule has 1 unspecified atom stereocenters.